The van der Waals surface area contributed by atoms with E-state index in [1.54, 1.807) is 13.1 Å². The highest BCUT2D eigenvalue weighted by atomic mass is 16.2. The lowest BCUT2D eigenvalue weighted by Gasteiger charge is -2.21. The number of hydrogen-bond donors (Lipinski definition) is 1. The number of nitrogens with one attached hydrogen (secondary N) is 1. The van der Waals surface area contributed by atoms with Gasteiger partial charge in [-0.2, -0.15) is 0 Å². The molecule has 6 nitrogen and oxygen atoms in total. The first-order valence-corrected chi connectivity index (χ1v) is 8.63. The molecule has 0 aromatic carbocycles. The van der Waals surface area contributed by atoms with Gasteiger partial charge in [-0.05, 0) is 31.5 Å². The van der Waals surface area contributed by atoms with Crippen LogP contribution in [-0.4, -0.2) is 59.3 Å². The van der Waals surface area contributed by atoms with Gasteiger partial charge in [0, 0.05) is 32.8 Å². The monoisotopic (exact) mass is 332 g/mol. The van der Waals surface area contributed by atoms with E-state index in [1.165, 1.54) is 0 Å². The minimum atomic E-state index is 0.00457. The molecule has 0 unspecified atom stereocenters. The SMILES string of the molecule is CCC[C@H]1CN(C(C)=O)C[C@@H]1NC(=O)CN(C)Cc1ccccn1. The number of nitrogens with zero attached hydrogens (tertiary/aromatic N) is 3. The molecule has 2 rings (SSSR count). The van der Waals surface area contributed by atoms with Gasteiger partial charge in [-0.25, -0.2) is 0 Å². The minimum absolute atomic E-state index is 0.00457. The topological polar surface area (TPSA) is 65.5 Å². The lowest BCUT2D eigenvalue weighted by atomic mass is 9.98. The van der Waals surface area contributed by atoms with Gasteiger partial charge in [0.05, 0.1) is 18.3 Å². The second kappa shape index (κ2) is 8.78. The zero-order valence-electron chi connectivity index (χ0n) is 14.9. The van der Waals surface area contributed by atoms with Gasteiger partial charge < -0.3 is 10.2 Å². The summed E-state index contributed by atoms with van der Waals surface area (Å²) in [5, 5.41) is 3.12. The van der Waals surface area contributed by atoms with E-state index in [9.17, 15) is 9.59 Å². The van der Waals surface area contributed by atoms with Gasteiger partial charge in [0.2, 0.25) is 11.8 Å². The van der Waals surface area contributed by atoms with Gasteiger partial charge in [0.25, 0.3) is 0 Å². The zero-order chi connectivity index (χ0) is 17.5. The van der Waals surface area contributed by atoms with Crippen molar-refractivity contribution in [1.82, 2.24) is 20.1 Å². The lowest BCUT2D eigenvalue weighted by molar-refractivity contribution is -0.128. The van der Waals surface area contributed by atoms with E-state index in [4.69, 9.17) is 0 Å². The van der Waals surface area contributed by atoms with E-state index in [0.29, 0.717) is 25.6 Å². The summed E-state index contributed by atoms with van der Waals surface area (Å²) >= 11 is 0. The van der Waals surface area contributed by atoms with Crippen molar-refractivity contribution >= 4 is 11.8 Å². The maximum atomic E-state index is 12.3. The fourth-order valence-electron chi connectivity index (χ4n) is 3.28. The molecule has 1 aliphatic rings. The standard InChI is InChI=1S/C18H28N4O2/c1-4-7-15-10-22(14(2)23)12-17(15)20-18(24)13-21(3)11-16-8-5-6-9-19-16/h5-6,8-9,15,17H,4,7,10-13H2,1-3H3,(H,20,24)/t15-,17-/m0/s1. The van der Waals surface area contributed by atoms with E-state index in [0.717, 1.165) is 25.1 Å². The van der Waals surface area contributed by atoms with Crippen molar-refractivity contribution in [2.45, 2.75) is 39.3 Å². The highest BCUT2D eigenvalue weighted by molar-refractivity contribution is 5.79. The number of carbonyl (C=O) groups excluding carboxylic acids is 2. The Morgan fingerprint density at radius 2 is 2.17 bits per heavy atom. The van der Waals surface area contributed by atoms with Crippen molar-refractivity contribution in [2.75, 3.05) is 26.7 Å². The molecule has 1 aromatic heterocycles. The molecule has 24 heavy (non-hydrogen) atoms. The van der Waals surface area contributed by atoms with Crippen LogP contribution in [0.15, 0.2) is 24.4 Å². The Morgan fingerprint density at radius 1 is 1.38 bits per heavy atom. The molecule has 2 atom stereocenters. The van der Waals surface area contributed by atoms with Crippen molar-refractivity contribution in [3.8, 4) is 0 Å². The Hall–Kier alpha value is -1.95. The molecule has 1 aliphatic heterocycles. The quantitative estimate of drug-likeness (QED) is 0.817. The Kier molecular flexibility index (Phi) is 6.73. The van der Waals surface area contributed by atoms with Gasteiger partial charge in [-0.15, -0.1) is 0 Å². The molecule has 1 aromatic rings. The van der Waals surface area contributed by atoms with Crippen LogP contribution in [0.4, 0.5) is 0 Å². The van der Waals surface area contributed by atoms with Crippen LogP contribution in [0, 0.1) is 5.92 Å². The van der Waals surface area contributed by atoms with Crippen molar-refractivity contribution in [2.24, 2.45) is 5.92 Å². The average Bonchev–Trinajstić information content (AvgIpc) is 2.91. The first kappa shape index (κ1) is 18.4. The summed E-state index contributed by atoms with van der Waals surface area (Å²) in [6, 6.07) is 5.84. The Bertz CT molecular complexity index is 549. The van der Waals surface area contributed by atoms with Crippen LogP contribution in [0.2, 0.25) is 0 Å². The van der Waals surface area contributed by atoms with E-state index < -0.39 is 0 Å². The molecule has 1 fully saturated rings. The molecule has 0 aliphatic carbocycles. The largest absolute Gasteiger partial charge is 0.350 e. The summed E-state index contributed by atoms with van der Waals surface area (Å²) < 4.78 is 0. The lowest BCUT2D eigenvalue weighted by Crippen LogP contribution is -2.44. The first-order valence-electron chi connectivity index (χ1n) is 8.63. The zero-order valence-corrected chi connectivity index (χ0v) is 14.9. The fourth-order valence-corrected chi connectivity index (χ4v) is 3.28. The number of likely N-dealkylation sites (tertiary alicyclic amines) is 1. The van der Waals surface area contributed by atoms with Gasteiger partial charge >= 0.3 is 0 Å². The fraction of sp³-hybridized carbons (Fsp3) is 0.611. The Balaban J connectivity index is 1.84. The molecular weight excluding hydrogens is 304 g/mol. The number of aromatic nitrogens is 1. The predicted octanol–water partition coefficient (Wildman–Crippen LogP) is 1.28. The molecule has 1 saturated heterocycles. The van der Waals surface area contributed by atoms with Crippen LogP contribution in [-0.2, 0) is 16.1 Å². The van der Waals surface area contributed by atoms with Crippen LogP contribution in [0.1, 0.15) is 32.4 Å². The predicted molar refractivity (Wildman–Crippen MR) is 93.2 cm³/mol. The molecule has 2 amide bonds. The van der Waals surface area contributed by atoms with Crippen molar-refractivity contribution < 1.29 is 9.59 Å². The van der Waals surface area contributed by atoms with Gasteiger partial charge in [0.15, 0.2) is 0 Å². The summed E-state index contributed by atoms with van der Waals surface area (Å²) in [6.07, 6.45) is 3.84. The first-order chi connectivity index (χ1) is 11.5. The molecule has 0 radical (unpaired) electrons. The average molecular weight is 332 g/mol. The molecule has 0 spiro atoms. The highest BCUT2D eigenvalue weighted by Gasteiger charge is 2.34. The number of rotatable bonds is 7. The smallest absolute Gasteiger partial charge is 0.234 e. The van der Waals surface area contributed by atoms with Crippen LogP contribution < -0.4 is 5.32 Å². The number of carbonyl (C=O) groups is 2. The third-order valence-corrected chi connectivity index (χ3v) is 4.46. The summed E-state index contributed by atoms with van der Waals surface area (Å²) in [6.45, 7) is 6.06. The molecule has 2 heterocycles. The Morgan fingerprint density at radius 3 is 2.79 bits per heavy atom. The summed E-state index contributed by atoms with van der Waals surface area (Å²) in [7, 11) is 1.91. The van der Waals surface area contributed by atoms with Gasteiger partial charge in [-0.1, -0.05) is 19.4 Å². The number of amides is 2. The number of pyridine rings is 1. The van der Waals surface area contributed by atoms with Crippen LogP contribution in [0.25, 0.3) is 0 Å². The maximum absolute atomic E-state index is 12.3. The van der Waals surface area contributed by atoms with E-state index in [2.05, 4.69) is 17.2 Å². The molecule has 6 heteroatoms. The van der Waals surface area contributed by atoms with Crippen molar-refractivity contribution in [1.29, 1.82) is 0 Å². The summed E-state index contributed by atoms with van der Waals surface area (Å²) in [4.78, 5) is 32.0. The van der Waals surface area contributed by atoms with E-state index in [-0.39, 0.29) is 17.9 Å². The summed E-state index contributed by atoms with van der Waals surface area (Å²) in [5.41, 5.74) is 0.945. The highest BCUT2D eigenvalue weighted by Crippen LogP contribution is 2.21. The van der Waals surface area contributed by atoms with E-state index >= 15 is 0 Å². The Labute approximate surface area is 144 Å². The molecule has 132 valence electrons. The normalized spacial score (nSPS) is 20.4. The van der Waals surface area contributed by atoms with Crippen LogP contribution >= 0.6 is 0 Å². The summed E-state index contributed by atoms with van der Waals surface area (Å²) in [5.74, 6) is 0.439. The van der Waals surface area contributed by atoms with Gasteiger partial charge in [-0.3, -0.25) is 19.5 Å². The maximum Gasteiger partial charge on any atom is 0.234 e. The molecule has 1 N–H and O–H groups in total. The number of hydrogen-bond acceptors (Lipinski definition) is 4. The third kappa shape index (κ3) is 5.30. The molecule has 0 saturated carbocycles. The second-order valence-corrected chi connectivity index (χ2v) is 6.64. The van der Waals surface area contributed by atoms with Gasteiger partial charge in [0.1, 0.15) is 0 Å². The van der Waals surface area contributed by atoms with Crippen molar-refractivity contribution in [3.63, 3.8) is 0 Å². The van der Waals surface area contributed by atoms with Crippen molar-refractivity contribution in [3.05, 3.63) is 30.1 Å². The third-order valence-electron chi connectivity index (χ3n) is 4.46. The minimum Gasteiger partial charge on any atom is -0.350 e. The molecule has 0 bridgehead atoms. The van der Waals surface area contributed by atoms with Crippen LogP contribution in [0.5, 0.6) is 0 Å². The van der Waals surface area contributed by atoms with Crippen LogP contribution in [0.3, 0.4) is 0 Å². The number of likely N-dealkylation sites (N-methyl/N-ethyl adjacent to an activating group) is 1. The van der Waals surface area contributed by atoms with E-state index in [1.807, 2.05) is 35.0 Å². The second-order valence-electron chi connectivity index (χ2n) is 6.64. The molecular formula is C18H28N4O2.